The molecular formula is C12H12N4O4S. The number of hydrogen-bond donors (Lipinski definition) is 3. The van der Waals surface area contributed by atoms with Gasteiger partial charge in [-0.25, -0.2) is 20.2 Å². The molecule has 2 heterocycles. The monoisotopic (exact) mass is 308 g/mol. The Kier molecular flexibility index (Phi) is 4.80. The number of hydrogen-bond acceptors (Lipinski definition) is 6. The predicted molar refractivity (Wildman–Crippen MR) is 74.2 cm³/mol. The van der Waals surface area contributed by atoms with Crippen LogP contribution in [0, 0.1) is 0 Å². The van der Waals surface area contributed by atoms with Gasteiger partial charge >= 0.3 is 6.09 Å². The fourth-order valence-electron chi connectivity index (χ4n) is 1.60. The summed E-state index contributed by atoms with van der Waals surface area (Å²) >= 11 is 1.11. The van der Waals surface area contributed by atoms with Crippen molar-refractivity contribution in [2.75, 3.05) is 4.90 Å². The Bertz CT molecular complexity index is 631. The van der Waals surface area contributed by atoms with Crippen molar-refractivity contribution < 1.29 is 19.9 Å². The second-order valence-electron chi connectivity index (χ2n) is 4.06. The number of anilines is 1. The molecule has 9 heteroatoms. The summed E-state index contributed by atoms with van der Waals surface area (Å²) in [5, 5.41) is 19.6. The standard InChI is InChI=1S/C12H12N4O4S/c17-10(15-20)4-9-7-21-11(14-9)16(12(18)19)6-8-2-1-3-13-5-8/h1-3,5,7,20H,4,6H2,(H,15,17)(H,18,19). The third kappa shape index (κ3) is 3.97. The molecule has 8 nitrogen and oxygen atoms in total. The number of carboxylic acid groups (broad SMARTS) is 1. The first-order valence-corrected chi connectivity index (χ1v) is 6.75. The zero-order chi connectivity index (χ0) is 15.2. The molecule has 0 fully saturated rings. The van der Waals surface area contributed by atoms with Gasteiger partial charge in [0.1, 0.15) is 0 Å². The molecular weight excluding hydrogens is 296 g/mol. The number of thiazole rings is 1. The highest BCUT2D eigenvalue weighted by Crippen LogP contribution is 2.22. The van der Waals surface area contributed by atoms with E-state index in [1.54, 1.807) is 29.9 Å². The molecule has 0 saturated carbocycles. The van der Waals surface area contributed by atoms with Crippen LogP contribution in [0.1, 0.15) is 11.3 Å². The highest BCUT2D eigenvalue weighted by molar-refractivity contribution is 7.14. The molecule has 0 aliphatic heterocycles. The number of carbonyl (C=O) groups excluding carboxylic acids is 1. The Morgan fingerprint density at radius 3 is 2.86 bits per heavy atom. The van der Waals surface area contributed by atoms with Crippen molar-refractivity contribution in [1.82, 2.24) is 15.4 Å². The van der Waals surface area contributed by atoms with E-state index < -0.39 is 12.0 Å². The van der Waals surface area contributed by atoms with Crippen molar-refractivity contribution in [2.24, 2.45) is 0 Å². The number of nitrogens with one attached hydrogen (secondary N) is 1. The molecule has 21 heavy (non-hydrogen) atoms. The second kappa shape index (κ2) is 6.77. The average Bonchev–Trinajstić information content (AvgIpc) is 2.93. The first kappa shape index (κ1) is 14.9. The first-order chi connectivity index (χ1) is 10.1. The van der Waals surface area contributed by atoms with Crippen LogP contribution in [0.3, 0.4) is 0 Å². The van der Waals surface area contributed by atoms with Crippen LogP contribution in [0.15, 0.2) is 29.9 Å². The van der Waals surface area contributed by atoms with Crippen LogP contribution in [-0.4, -0.2) is 32.3 Å². The molecule has 0 aliphatic carbocycles. The smallest absolute Gasteiger partial charge is 0.413 e. The van der Waals surface area contributed by atoms with Crippen LogP contribution < -0.4 is 10.4 Å². The summed E-state index contributed by atoms with van der Waals surface area (Å²) < 4.78 is 0. The van der Waals surface area contributed by atoms with E-state index in [1.165, 1.54) is 5.48 Å². The Hall–Kier alpha value is -2.52. The Balaban J connectivity index is 2.15. The van der Waals surface area contributed by atoms with E-state index >= 15 is 0 Å². The lowest BCUT2D eigenvalue weighted by Crippen LogP contribution is -2.28. The third-order valence-electron chi connectivity index (χ3n) is 2.53. The molecule has 0 atom stereocenters. The van der Waals surface area contributed by atoms with E-state index in [-0.39, 0.29) is 18.1 Å². The summed E-state index contributed by atoms with van der Waals surface area (Å²) in [6.45, 7) is 0.113. The lowest BCUT2D eigenvalue weighted by Gasteiger charge is -2.15. The molecule has 2 aromatic rings. The molecule has 0 aliphatic rings. The van der Waals surface area contributed by atoms with Crippen molar-refractivity contribution in [2.45, 2.75) is 13.0 Å². The number of carbonyl (C=O) groups is 2. The van der Waals surface area contributed by atoms with E-state index in [1.807, 2.05) is 0 Å². The van der Waals surface area contributed by atoms with E-state index in [9.17, 15) is 14.7 Å². The minimum atomic E-state index is -1.15. The van der Waals surface area contributed by atoms with Crippen molar-refractivity contribution in [3.05, 3.63) is 41.2 Å². The maximum Gasteiger partial charge on any atom is 0.413 e. The van der Waals surface area contributed by atoms with Crippen LogP contribution in [0.5, 0.6) is 0 Å². The molecule has 2 aromatic heterocycles. The molecule has 0 saturated heterocycles. The number of amides is 2. The summed E-state index contributed by atoms with van der Waals surface area (Å²) in [6, 6.07) is 3.48. The van der Waals surface area contributed by atoms with Gasteiger partial charge in [-0.15, -0.1) is 11.3 Å². The normalized spacial score (nSPS) is 10.1. The number of nitrogens with zero attached hydrogens (tertiary/aromatic N) is 3. The van der Waals surface area contributed by atoms with Crippen LogP contribution >= 0.6 is 11.3 Å². The van der Waals surface area contributed by atoms with Gasteiger partial charge in [-0.2, -0.15) is 0 Å². The SMILES string of the molecule is O=C(Cc1csc(N(Cc2cccnc2)C(=O)O)n1)NO. The fraction of sp³-hybridized carbons (Fsp3) is 0.167. The van der Waals surface area contributed by atoms with E-state index in [4.69, 9.17) is 5.21 Å². The molecule has 0 unspecified atom stereocenters. The summed E-state index contributed by atoms with van der Waals surface area (Å²) in [4.78, 5) is 31.5. The molecule has 0 aromatic carbocycles. The van der Waals surface area contributed by atoms with Gasteiger partial charge in [0, 0.05) is 17.8 Å². The third-order valence-corrected chi connectivity index (χ3v) is 3.44. The lowest BCUT2D eigenvalue weighted by atomic mass is 10.3. The molecule has 2 rings (SSSR count). The maximum atomic E-state index is 11.3. The van der Waals surface area contributed by atoms with Gasteiger partial charge in [0.15, 0.2) is 5.13 Å². The van der Waals surface area contributed by atoms with E-state index in [2.05, 4.69) is 9.97 Å². The van der Waals surface area contributed by atoms with Gasteiger partial charge in [-0.3, -0.25) is 15.0 Å². The van der Waals surface area contributed by atoms with Crippen LogP contribution in [-0.2, 0) is 17.8 Å². The molecule has 0 radical (unpaired) electrons. The topological polar surface area (TPSA) is 116 Å². The predicted octanol–water partition coefficient (Wildman–Crippen LogP) is 1.27. The average molecular weight is 308 g/mol. The zero-order valence-electron chi connectivity index (χ0n) is 10.8. The molecule has 2 amide bonds. The minimum Gasteiger partial charge on any atom is -0.465 e. The summed E-state index contributed by atoms with van der Waals surface area (Å²) in [7, 11) is 0. The Labute approximate surface area is 123 Å². The van der Waals surface area contributed by atoms with Gasteiger partial charge in [-0.1, -0.05) is 6.07 Å². The molecule has 3 N–H and O–H groups in total. The summed E-state index contributed by atoms with van der Waals surface area (Å²) in [5.41, 5.74) is 2.62. The summed E-state index contributed by atoms with van der Waals surface area (Å²) in [6.07, 6.45) is 1.91. The van der Waals surface area contributed by atoms with Gasteiger partial charge in [0.25, 0.3) is 0 Å². The van der Waals surface area contributed by atoms with Crippen molar-refractivity contribution in [3.8, 4) is 0 Å². The number of rotatable bonds is 5. The summed E-state index contributed by atoms with van der Waals surface area (Å²) in [5.74, 6) is -0.610. The molecule has 0 bridgehead atoms. The number of aromatic nitrogens is 2. The highest BCUT2D eigenvalue weighted by Gasteiger charge is 2.19. The number of pyridine rings is 1. The van der Waals surface area contributed by atoms with Crippen molar-refractivity contribution >= 4 is 28.5 Å². The second-order valence-corrected chi connectivity index (χ2v) is 4.90. The Morgan fingerprint density at radius 1 is 1.43 bits per heavy atom. The van der Waals surface area contributed by atoms with E-state index in [0.717, 1.165) is 21.8 Å². The lowest BCUT2D eigenvalue weighted by molar-refractivity contribution is -0.128. The fourth-order valence-corrected chi connectivity index (χ4v) is 2.41. The van der Waals surface area contributed by atoms with Crippen LogP contribution in [0.4, 0.5) is 9.93 Å². The van der Waals surface area contributed by atoms with Gasteiger partial charge in [0.05, 0.1) is 18.7 Å². The first-order valence-electron chi connectivity index (χ1n) is 5.87. The largest absolute Gasteiger partial charge is 0.465 e. The van der Waals surface area contributed by atoms with Crippen LogP contribution in [0.25, 0.3) is 0 Å². The van der Waals surface area contributed by atoms with E-state index in [0.29, 0.717) is 5.69 Å². The quantitative estimate of drug-likeness (QED) is 0.566. The maximum absolute atomic E-state index is 11.3. The highest BCUT2D eigenvalue weighted by atomic mass is 32.1. The number of hydroxylamine groups is 1. The Morgan fingerprint density at radius 2 is 2.24 bits per heavy atom. The van der Waals surface area contributed by atoms with Gasteiger partial charge in [-0.05, 0) is 11.6 Å². The minimum absolute atomic E-state index is 0.113. The van der Waals surface area contributed by atoms with Crippen LogP contribution in [0.2, 0.25) is 0 Å². The van der Waals surface area contributed by atoms with Gasteiger partial charge < -0.3 is 5.11 Å². The molecule has 110 valence electrons. The van der Waals surface area contributed by atoms with Crippen molar-refractivity contribution in [1.29, 1.82) is 0 Å². The zero-order valence-corrected chi connectivity index (χ0v) is 11.6. The van der Waals surface area contributed by atoms with Gasteiger partial charge in [0.2, 0.25) is 5.91 Å². The molecule has 0 spiro atoms. The van der Waals surface area contributed by atoms with Crippen molar-refractivity contribution in [3.63, 3.8) is 0 Å².